The Morgan fingerprint density at radius 3 is 2.76 bits per heavy atom. The molecule has 0 amide bonds. The van der Waals surface area contributed by atoms with Gasteiger partial charge in [0.2, 0.25) is 0 Å². The molecule has 1 atom stereocenters. The summed E-state index contributed by atoms with van der Waals surface area (Å²) in [5.74, 6) is 0. The van der Waals surface area contributed by atoms with Gasteiger partial charge < -0.3 is 5.32 Å². The number of thiophene rings is 1. The molecule has 0 fully saturated rings. The maximum absolute atomic E-state index is 3.56. The van der Waals surface area contributed by atoms with Crippen molar-refractivity contribution in [2.24, 2.45) is 0 Å². The van der Waals surface area contributed by atoms with Gasteiger partial charge in [-0.3, -0.25) is 0 Å². The van der Waals surface area contributed by atoms with Crippen LogP contribution in [-0.2, 0) is 0 Å². The number of aryl methyl sites for hydroxylation is 1. The molecule has 1 heterocycles. The molecule has 3 heteroatoms. The molecule has 2 aromatic rings. The third-order valence-electron chi connectivity index (χ3n) is 2.78. The van der Waals surface area contributed by atoms with E-state index in [-0.39, 0.29) is 0 Å². The Morgan fingerprint density at radius 1 is 1.35 bits per heavy atom. The van der Waals surface area contributed by atoms with Crippen molar-refractivity contribution in [3.8, 4) is 0 Å². The summed E-state index contributed by atoms with van der Waals surface area (Å²) in [5, 5.41) is 5.69. The van der Waals surface area contributed by atoms with E-state index in [2.05, 4.69) is 70.8 Å². The summed E-state index contributed by atoms with van der Waals surface area (Å²) in [6.07, 6.45) is 0. The first kappa shape index (κ1) is 12.8. The van der Waals surface area contributed by atoms with Crippen molar-refractivity contribution in [1.29, 1.82) is 0 Å². The molecule has 1 aromatic carbocycles. The molecule has 1 unspecified atom stereocenters. The van der Waals surface area contributed by atoms with Gasteiger partial charge in [0, 0.05) is 9.35 Å². The zero-order valence-corrected chi connectivity index (χ0v) is 12.4. The first-order chi connectivity index (χ1) is 8.22. The van der Waals surface area contributed by atoms with E-state index in [0.29, 0.717) is 6.04 Å². The van der Waals surface area contributed by atoms with Crippen molar-refractivity contribution in [1.82, 2.24) is 5.32 Å². The Kier molecular flexibility index (Phi) is 4.37. The molecule has 1 nitrogen and oxygen atoms in total. The maximum atomic E-state index is 3.56. The molecule has 0 aliphatic rings. The summed E-state index contributed by atoms with van der Waals surface area (Å²) in [6, 6.07) is 11.1. The molecule has 0 aliphatic heterocycles. The van der Waals surface area contributed by atoms with E-state index in [1.54, 1.807) is 11.3 Å². The first-order valence-electron chi connectivity index (χ1n) is 5.75. The van der Waals surface area contributed by atoms with Gasteiger partial charge in [0.15, 0.2) is 0 Å². The van der Waals surface area contributed by atoms with Crippen LogP contribution in [0.3, 0.4) is 0 Å². The van der Waals surface area contributed by atoms with Crippen LogP contribution in [-0.4, -0.2) is 6.54 Å². The molecule has 0 saturated carbocycles. The minimum absolute atomic E-state index is 0.313. The number of rotatable bonds is 4. The highest BCUT2D eigenvalue weighted by Crippen LogP contribution is 2.29. The Labute approximate surface area is 115 Å². The lowest BCUT2D eigenvalue weighted by atomic mass is 10.00. The maximum Gasteiger partial charge on any atom is 0.0673 e. The molecular formula is C14H16BrNS. The predicted molar refractivity (Wildman–Crippen MR) is 78.7 cm³/mol. The summed E-state index contributed by atoms with van der Waals surface area (Å²) in [5.41, 5.74) is 2.68. The molecule has 0 saturated heterocycles. The standard InChI is InChI=1S/C14H16BrNS/c1-3-16-14(13-5-4-8-17-13)12-7-6-11(15)9-10(12)2/h4-9,14,16H,3H2,1-2H3. The van der Waals surface area contributed by atoms with Crippen molar-refractivity contribution in [2.75, 3.05) is 6.54 Å². The second kappa shape index (κ2) is 5.80. The van der Waals surface area contributed by atoms with Crippen molar-refractivity contribution in [3.05, 3.63) is 56.2 Å². The van der Waals surface area contributed by atoms with Crippen LogP contribution in [0.1, 0.15) is 29.0 Å². The van der Waals surface area contributed by atoms with Gasteiger partial charge in [0.25, 0.3) is 0 Å². The smallest absolute Gasteiger partial charge is 0.0673 e. The molecule has 0 spiro atoms. The molecule has 1 N–H and O–H groups in total. The van der Waals surface area contributed by atoms with Gasteiger partial charge in [-0.2, -0.15) is 0 Å². The summed E-state index contributed by atoms with van der Waals surface area (Å²) in [4.78, 5) is 1.37. The van der Waals surface area contributed by atoms with Crippen LogP contribution in [0.25, 0.3) is 0 Å². The summed E-state index contributed by atoms with van der Waals surface area (Å²) < 4.78 is 1.14. The first-order valence-corrected chi connectivity index (χ1v) is 7.42. The molecular weight excluding hydrogens is 294 g/mol. The fraction of sp³-hybridized carbons (Fsp3) is 0.286. The Balaban J connectivity index is 2.39. The summed E-state index contributed by atoms with van der Waals surface area (Å²) in [7, 11) is 0. The Bertz CT molecular complexity index is 479. The average molecular weight is 310 g/mol. The highest BCUT2D eigenvalue weighted by molar-refractivity contribution is 9.10. The normalized spacial score (nSPS) is 12.6. The Hall–Kier alpha value is -0.640. The number of hydrogen-bond donors (Lipinski definition) is 1. The third kappa shape index (κ3) is 2.97. The molecule has 17 heavy (non-hydrogen) atoms. The van der Waals surface area contributed by atoms with Gasteiger partial charge in [-0.05, 0) is 48.2 Å². The zero-order chi connectivity index (χ0) is 12.3. The van der Waals surface area contributed by atoms with E-state index in [9.17, 15) is 0 Å². The van der Waals surface area contributed by atoms with E-state index >= 15 is 0 Å². The number of nitrogens with one attached hydrogen (secondary N) is 1. The largest absolute Gasteiger partial charge is 0.306 e. The molecule has 1 aromatic heterocycles. The second-order valence-electron chi connectivity index (χ2n) is 4.01. The van der Waals surface area contributed by atoms with Gasteiger partial charge in [0.05, 0.1) is 6.04 Å². The number of benzene rings is 1. The van der Waals surface area contributed by atoms with Gasteiger partial charge in [-0.25, -0.2) is 0 Å². The predicted octanol–water partition coefficient (Wildman–Crippen LogP) is 4.52. The quantitative estimate of drug-likeness (QED) is 0.875. The lowest BCUT2D eigenvalue weighted by Gasteiger charge is -2.19. The summed E-state index contributed by atoms with van der Waals surface area (Å²) >= 11 is 5.32. The molecule has 2 rings (SSSR count). The van der Waals surface area contributed by atoms with Crippen LogP contribution in [0.15, 0.2) is 40.2 Å². The minimum Gasteiger partial charge on any atom is -0.306 e. The lowest BCUT2D eigenvalue weighted by Crippen LogP contribution is -2.21. The molecule has 0 aliphatic carbocycles. The van der Waals surface area contributed by atoms with Gasteiger partial charge in [0.1, 0.15) is 0 Å². The second-order valence-corrected chi connectivity index (χ2v) is 5.90. The number of hydrogen-bond acceptors (Lipinski definition) is 2. The van der Waals surface area contributed by atoms with Crippen molar-refractivity contribution in [2.45, 2.75) is 19.9 Å². The van der Waals surface area contributed by atoms with Crippen LogP contribution in [0.5, 0.6) is 0 Å². The van der Waals surface area contributed by atoms with Crippen LogP contribution in [0.4, 0.5) is 0 Å². The van der Waals surface area contributed by atoms with Crippen LogP contribution in [0.2, 0.25) is 0 Å². The van der Waals surface area contributed by atoms with E-state index in [4.69, 9.17) is 0 Å². The van der Waals surface area contributed by atoms with Gasteiger partial charge >= 0.3 is 0 Å². The number of halogens is 1. The molecule has 0 radical (unpaired) electrons. The van der Waals surface area contributed by atoms with Crippen molar-refractivity contribution >= 4 is 27.3 Å². The van der Waals surface area contributed by atoms with Crippen LogP contribution >= 0.6 is 27.3 Å². The highest BCUT2D eigenvalue weighted by Gasteiger charge is 2.15. The monoisotopic (exact) mass is 309 g/mol. The van der Waals surface area contributed by atoms with Gasteiger partial charge in [-0.1, -0.05) is 35.0 Å². The van der Waals surface area contributed by atoms with E-state index in [1.807, 2.05) is 0 Å². The lowest BCUT2D eigenvalue weighted by molar-refractivity contribution is 0.636. The van der Waals surface area contributed by atoms with E-state index < -0.39 is 0 Å². The fourth-order valence-corrected chi connectivity index (χ4v) is 3.28. The topological polar surface area (TPSA) is 12.0 Å². The average Bonchev–Trinajstić information content (AvgIpc) is 2.80. The van der Waals surface area contributed by atoms with Gasteiger partial charge in [-0.15, -0.1) is 11.3 Å². The molecule has 0 bridgehead atoms. The van der Waals surface area contributed by atoms with Crippen molar-refractivity contribution in [3.63, 3.8) is 0 Å². The SMILES string of the molecule is CCNC(c1cccs1)c1ccc(Br)cc1C. The molecule has 90 valence electrons. The third-order valence-corrected chi connectivity index (χ3v) is 4.21. The summed E-state index contributed by atoms with van der Waals surface area (Å²) in [6.45, 7) is 5.28. The van der Waals surface area contributed by atoms with Crippen LogP contribution < -0.4 is 5.32 Å². The van der Waals surface area contributed by atoms with E-state index in [0.717, 1.165) is 11.0 Å². The Morgan fingerprint density at radius 2 is 2.18 bits per heavy atom. The highest BCUT2D eigenvalue weighted by atomic mass is 79.9. The minimum atomic E-state index is 0.313. The zero-order valence-electron chi connectivity index (χ0n) is 10.0. The van der Waals surface area contributed by atoms with Crippen LogP contribution in [0, 0.1) is 6.92 Å². The fourth-order valence-electron chi connectivity index (χ4n) is 1.99. The van der Waals surface area contributed by atoms with Crippen molar-refractivity contribution < 1.29 is 0 Å². The van der Waals surface area contributed by atoms with E-state index in [1.165, 1.54) is 16.0 Å².